The zero-order valence-corrected chi connectivity index (χ0v) is 7.18. The molecule has 11 heavy (non-hydrogen) atoms. The van der Waals surface area contributed by atoms with Crippen molar-refractivity contribution in [3.63, 3.8) is 0 Å². The number of ether oxygens (including phenoxy) is 1. The standard InChI is InChI=1S/C8H18N2O/c1-3-8(10-9)6-5-7-11-4-2/h3,8,10H,1,4-7,9H2,2H3. The van der Waals surface area contributed by atoms with E-state index in [2.05, 4.69) is 12.0 Å². The quantitative estimate of drug-likeness (QED) is 0.249. The number of hydrogen-bond acceptors (Lipinski definition) is 3. The topological polar surface area (TPSA) is 47.3 Å². The molecule has 0 amide bonds. The van der Waals surface area contributed by atoms with Crippen molar-refractivity contribution in [1.82, 2.24) is 5.43 Å². The van der Waals surface area contributed by atoms with Crippen molar-refractivity contribution < 1.29 is 4.74 Å². The Balaban J connectivity index is 3.14. The van der Waals surface area contributed by atoms with E-state index in [0.717, 1.165) is 26.1 Å². The highest BCUT2D eigenvalue weighted by Gasteiger charge is 1.98. The number of hydrogen-bond donors (Lipinski definition) is 2. The van der Waals surface area contributed by atoms with Gasteiger partial charge in [0.2, 0.25) is 0 Å². The third-order valence-electron chi connectivity index (χ3n) is 1.51. The van der Waals surface area contributed by atoms with E-state index in [0.29, 0.717) is 0 Å². The maximum atomic E-state index is 5.24. The Hall–Kier alpha value is -0.380. The molecule has 3 nitrogen and oxygen atoms in total. The van der Waals surface area contributed by atoms with Crippen LogP contribution in [0.2, 0.25) is 0 Å². The monoisotopic (exact) mass is 158 g/mol. The van der Waals surface area contributed by atoms with Crippen molar-refractivity contribution in [1.29, 1.82) is 0 Å². The van der Waals surface area contributed by atoms with E-state index in [-0.39, 0.29) is 6.04 Å². The molecule has 0 rings (SSSR count). The molecule has 3 N–H and O–H groups in total. The second kappa shape index (κ2) is 7.72. The van der Waals surface area contributed by atoms with Gasteiger partial charge in [-0.1, -0.05) is 6.08 Å². The van der Waals surface area contributed by atoms with Crippen molar-refractivity contribution in [3.05, 3.63) is 12.7 Å². The van der Waals surface area contributed by atoms with Crippen molar-refractivity contribution in [2.45, 2.75) is 25.8 Å². The molecule has 1 unspecified atom stereocenters. The highest BCUT2D eigenvalue weighted by Crippen LogP contribution is 1.96. The summed E-state index contributed by atoms with van der Waals surface area (Å²) in [5.41, 5.74) is 2.66. The molecule has 66 valence electrons. The van der Waals surface area contributed by atoms with Gasteiger partial charge in [-0.05, 0) is 19.8 Å². The van der Waals surface area contributed by atoms with Gasteiger partial charge in [0.05, 0.1) is 0 Å². The lowest BCUT2D eigenvalue weighted by Crippen LogP contribution is -2.33. The van der Waals surface area contributed by atoms with Gasteiger partial charge >= 0.3 is 0 Å². The van der Waals surface area contributed by atoms with Crippen LogP contribution < -0.4 is 11.3 Å². The molecule has 0 aromatic rings. The maximum Gasteiger partial charge on any atom is 0.0466 e. The van der Waals surface area contributed by atoms with E-state index in [1.807, 2.05) is 13.0 Å². The molecule has 0 bridgehead atoms. The van der Waals surface area contributed by atoms with Crippen LogP contribution in [0, 0.1) is 0 Å². The van der Waals surface area contributed by atoms with Crippen LogP contribution in [0.5, 0.6) is 0 Å². The van der Waals surface area contributed by atoms with Gasteiger partial charge < -0.3 is 4.74 Å². The van der Waals surface area contributed by atoms with Gasteiger partial charge in [0.1, 0.15) is 0 Å². The highest BCUT2D eigenvalue weighted by molar-refractivity contribution is 4.83. The molecule has 0 radical (unpaired) electrons. The largest absolute Gasteiger partial charge is 0.382 e. The van der Waals surface area contributed by atoms with Gasteiger partial charge in [-0.3, -0.25) is 11.3 Å². The van der Waals surface area contributed by atoms with E-state index in [9.17, 15) is 0 Å². The molecule has 1 atom stereocenters. The highest BCUT2D eigenvalue weighted by atomic mass is 16.5. The Morgan fingerprint density at radius 2 is 2.45 bits per heavy atom. The molecule has 0 saturated heterocycles. The van der Waals surface area contributed by atoms with Crippen LogP contribution >= 0.6 is 0 Å². The van der Waals surface area contributed by atoms with Gasteiger partial charge in [-0.15, -0.1) is 6.58 Å². The Kier molecular flexibility index (Phi) is 7.46. The Bertz CT molecular complexity index is 96.1. The first-order valence-electron chi connectivity index (χ1n) is 4.01. The van der Waals surface area contributed by atoms with Gasteiger partial charge in [0.15, 0.2) is 0 Å². The molecular formula is C8H18N2O. The van der Waals surface area contributed by atoms with Crippen LogP contribution in [0.3, 0.4) is 0 Å². The smallest absolute Gasteiger partial charge is 0.0466 e. The SMILES string of the molecule is C=CC(CCCOCC)NN. The molecule has 0 aliphatic rings. The van der Waals surface area contributed by atoms with Gasteiger partial charge in [-0.2, -0.15) is 0 Å². The molecule has 0 heterocycles. The minimum Gasteiger partial charge on any atom is -0.382 e. The van der Waals surface area contributed by atoms with Crippen LogP contribution in [-0.4, -0.2) is 19.3 Å². The molecule has 0 aliphatic carbocycles. The average molecular weight is 158 g/mol. The Morgan fingerprint density at radius 1 is 1.73 bits per heavy atom. The molecular weight excluding hydrogens is 140 g/mol. The molecule has 0 aliphatic heterocycles. The first-order chi connectivity index (χ1) is 5.35. The lowest BCUT2D eigenvalue weighted by atomic mass is 10.2. The third kappa shape index (κ3) is 6.04. The summed E-state index contributed by atoms with van der Waals surface area (Å²) < 4.78 is 5.17. The van der Waals surface area contributed by atoms with E-state index < -0.39 is 0 Å². The van der Waals surface area contributed by atoms with Crippen LogP contribution in [0.25, 0.3) is 0 Å². The minimum absolute atomic E-state index is 0.218. The third-order valence-corrected chi connectivity index (χ3v) is 1.51. The van der Waals surface area contributed by atoms with Crippen LogP contribution in [0.15, 0.2) is 12.7 Å². The molecule has 0 aromatic carbocycles. The van der Waals surface area contributed by atoms with Crippen LogP contribution in [0.1, 0.15) is 19.8 Å². The minimum atomic E-state index is 0.218. The maximum absolute atomic E-state index is 5.24. The lowest BCUT2D eigenvalue weighted by molar-refractivity contribution is 0.142. The molecule has 0 aromatic heterocycles. The predicted molar refractivity (Wildman–Crippen MR) is 47.0 cm³/mol. The van der Waals surface area contributed by atoms with Gasteiger partial charge in [0.25, 0.3) is 0 Å². The summed E-state index contributed by atoms with van der Waals surface area (Å²) >= 11 is 0. The zero-order valence-electron chi connectivity index (χ0n) is 7.18. The van der Waals surface area contributed by atoms with Crippen molar-refractivity contribution >= 4 is 0 Å². The summed E-state index contributed by atoms with van der Waals surface area (Å²) in [5.74, 6) is 5.24. The number of rotatable bonds is 7. The van der Waals surface area contributed by atoms with Crippen molar-refractivity contribution in [3.8, 4) is 0 Å². The first kappa shape index (κ1) is 10.6. The van der Waals surface area contributed by atoms with Crippen LogP contribution in [0.4, 0.5) is 0 Å². The summed E-state index contributed by atoms with van der Waals surface area (Å²) in [7, 11) is 0. The fraction of sp³-hybridized carbons (Fsp3) is 0.750. The van der Waals surface area contributed by atoms with Gasteiger partial charge in [-0.25, -0.2) is 0 Å². The number of nitrogens with two attached hydrogens (primary N) is 1. The summed E-state index contributed by atoms with van der Waals surface area (Å²) in [5, 5.41) is 0. The lowest BCUT2D eigenvalue weighted by Gasteiger charge is -2.09. The molecule has 0 spiro atoms. The summed E-state index contributed by atoms with van der Waals surface area (Å²) in [6, 6.07) is 0.218. The Morgan fingerprint density at radius 3 is 2.91 bits per heavy atom. The second-order valence-electron chi connectivity index (χ2n) is 2.35. The van der Waals surface area contributed by atoms with E-state index in [1.165, 1.54) is 0 Å². The number of nitrogens with one attached hydrogen (secondary N) is 1. The predicted octanol–water partition coefficient (Wildman–Crippen LogP) is 0.821. The molecule has 3 heteroatoms. The zero-order chi connectivity index (χ0) is 8.53. The van der Waals surface area contributed by atoms with E-state index in [1.54, 1.807) is 0 Å². The summed E-state index contributed by atoms with van der Waals surface area (Å²) in [4.78, 5) is 0. The normalized spacial score (nSPS) is 12.9. The van der Waals surface area contributed by atoms with Crippen LogP contribution in [-0.2, 0) is 4.74 Å². The average Bonchev–Trinajstić information content (AvgIpc) is 2.05. The van der Waals surface area contributed by atoms with Gasteiger partial charge in [0, 0.05) is 19.3 Å². The van der Waals surface area contributed by atoms with Crippen molar-refractivity contribution in [2.75, 3.05) is 13.2 Å². The fourth-order valence-electron chi connectivity index (χ4n) is 0.819. The van der Waals surface area contributed by atoms with E-state index in [4.69, 9.17) is 10.6 Å². The molecule has 0 fully saturated rings. The summed E-state index contributed by atoms with van der Waals surface area (Å²) in [6.07, 6.45) is 3.82. The fourth-order valence-corrected chi connectivity index (χ4v) is 0.819. The Labute approximate surface area is 68.6 Å². The summed E-state index contributed by atoms with van der Waals surface area (Å²) in [6.45, 7) is 7.23. The second-order valence-corrected chi connectivity index (χ2v) is 2.35. The molecule has 0 saturated carbocycles. The number of hydrazine groups is 1. The first-order valence-corrected chi connectivity index (χ1v) is 4.01. The van der Waals surface area contributed by atoms with Crippen molar-refractivity contribution in [2.24, 2.45) is 5.84 Å². The van der Waals surface area contributed by atoms with E-state index >= 15 is 0 Å².